The van der Waals surface area contributed by atoms with Gasteiger partial charge in [0, 0.05) is 28.9 Å². The molecule has 2 atom stereocenters. The summed E-state index contributed by atoms with van der Waals surface area (Å²) >= 11 is 0. The van der Waals surface area contributed by atoms with Crippen LogP contribution in [0.5, 0.6) is 0 Å². The molecular formula is C10H15N3O2S. The van der Waals surface area contributed by atoms with Gasteiger partial charge in [0.1, 0.15) is 11.5 Å². The minimum Gasteiger partial charge on any atom is -0.384 e. The largest absolute Gasteiger partial charge is 0.384 e. The molecule has 1 heterocycles. The van der Waals surface area contributed by atoms with Gasteiger partial charge in [-0.25, -0.2) is 4.98 Å². The second kappa shape index (κ2) is 5.60. The molecule has 88 valence electrons. The molecule has 0 aromatic carbocycles. The van der Waals surface area contributed by atoms with E-state index < -0.39 is 10.8 Å². The highest BCUT2D eigenvalue weighted by atomic mass is 32.2. The molecule has 1 amide bonds. The Kier molecular flexibility index (Phi) is 4.42. The molecule has 0 saturated heterocycles. The predicted molar refractivity (Wildman–Crippen MR) is 64.5 cm³/mol. The normalized spacial score (nSPS) is 14.1. The number of hydrogen-bond donors (Lipinski definition) is 2. The zero-order valence-corrected chi connectivity index (χ0v) is 10.1. The maximum absolute atomic E-state index is 11.7. The van der Waals surface area contributed by atoms with E-state index in [0.29, 0.717) is 11.6 Å². The first-order valence-corrected chi connectivity index (χ1v) is 6.55. The van der Waals surface area contributed by atoms with E-state index in [2.05, 4.69) is 10.3 Å². The summed E-state index contributed by atoms with van der Waals surface area (Å²) in [6, 6.07) is 4.71. The van der Waals surface area contributed by atoms with Crippen LogP contribution in [0, 0.1) is 0 Å². The zero-order chi connectivity index (χ0) is 12.1. The zero-order valence-electron chi connectivity index (χ0n) is 9.27. The molecule has 1 aromatic heterocycles. The lowest BCUT2D eigenvalue weighted by molar-refractivity contribution is 0.0939. The Morgan fingerprint density at radius 3 is 2.88 bits per heavy atom. The molecule has 0 radical (unpaired) electrons. The number of nitrogens with one attached hydrogen (secondary N) is 1. The third-order valence-corrected chi connectivity index (χ3v) is 2.83. The Hall–Kier alpha value is -1.43. The molecule has 5 nitrogen and oxygen atoms in total. The fourth-order valence-corrected chi connectivity index (χ4v) is 2.06. The van der Waals surface area contributed by atoms with E-state index in [4.69, 9.17) is 5.73 Å². The summed E-state index contributed by atoms with van der Waals surface area (Å²) in [6.07, 6.45) is 1.60. The van der Waals surface area contributed by atoms with Crippen LogP contribution in [0.1, 0.15) is 17.4 Å². The van der Waals surface area contributed by atoms with Crippen LogP contribution in [-0.4, -0.2) is 33.2 Å². The Morgan fingerprint density at radius 2 is 2.31 bits per heavy atom. The summed E-state index contributed by atoms with van der Waals surface area (Å²) in [6.45, 7) is 1.80. The molecule has 6 heteroatoms. The first-order chi connectivity index (χ1) is 7.49. The van der Waals surface area contributed by atoms with Crippen LogP contribution in [0.4, 0.5) is 5.82 Å². The Morgan fingerprint density at radius 1 is 1.62 bits per heavy atom. The van der Waals surface area contributed by atoms with Crippen molar-refractivity contribution in [3.8, 4) is 0 Å². The van der Waals surface area contributed by atoms with E-state index in [-0.39, 0.29) is 17.6 Å². The van der Waals surface area contributed by atoms with Gasteiger partial charge < -0.3 is 11.1 Å². The molecule has 0 fully saturated rings. The van der Waals surface area contributed by atoms with Gasteiger partial charge >= 0.3 is 0 Å². The van der Waals surface area contributed by atoms with Crippen LogP contribution >= 0.6 is 0 Å². The molecular weight excluding hydrogens is 226 g/mol. The average Bonchev–Trinajstić information content (AvgIpc) is 2.16. The number of nitrogen functional groups attached to an aromatic ring is 1. The van der Waals surface area contributed by atoms with Crippen molar-refractivity contribution in [3.05, 3.63) is 23.9 Å². The molecule has 3 N–H and O–H groups in total. The molecule has 0 aliphatic carbocycles. The highest BCUT2D eigenvalue weighted by Crippen LogP contribution is 2.00. The second-order valence-corrected chi connectivity index (χ2v) is 5.04. The van der Waals surface area contributed by atoms with Crippen LogP contribution in [-0.2, 0) is 10.8 Å². The summed E-state index contributed by atoms with van der Waals surface area (Å²) in [5, 5.41) is 2.70. The molecule has 0 aliphatic rings. The fraction of sp³-hybridized carbons (Fsp3) is 0.400. The quantitative estimate of drug-likeness (QED) is 0.786. The van der Waals surface area contributed by atoms with E-state index in [1.165, 1.54) is 0 Å². The lowest BCUT2D eigenvalue weighted by Gasteiger charge is -2.11. The predicted octanol–water partition coefficient (Wildman–Crippen LogP) is 0.161. The van der Waals surface area contributed by atoms with Gasteiger partial charge in [-0.3, -0.25) is 9.00 Å². The van der Waals surface area contributed by atoms with E-state index in [0.717, 1.165) is 0 Å². The number of hydrogen-bond acceptors (Lipinski definition) is 4. The standard InChI is InChI=1S/C10H15N3O2S/c1-7(6-16(2)15)12-10(14)8-4-3-5-9(11)13-8/h3-5,7H,6H2,1-2H3,(H2,11,13)(H,12,14). The molecule has 2 unspecified atom stereocenters. The SMILES string of the molecule is CC(CS(C)=O)NC(=O)c1cccc(N)n1. The summed E-state index contributed by atoms with van der Waals surface area (Å²) in [7, 11) is -0.933. The third kappa shape index (κ3) is 3.98. The Bertz CT molecular complexity index is 409. The number of rotatable bonds is 4. The topological polar surface area (TPSA) is 85.1 Å². The molecule has 1 rings (SSSR count). The van der Waals surface area contributed by atoms with Crippen LogP contribution in [0.15, 0.2) is 18.2 Å². The highest BCUT2D eigenvalue weighted by molar-refractivity contribution is 7.84. The number of pyridine rings is 1. The molecule has 16 heavy (non-hydrogen) atoms. The van der Waals surface area contributed by atoms with Gasteiger partial charge in [0.15, 0.2) is 0 Å². The number of nitrogens with two attached hydrogens (primary N) is 1. The maximum Gasteiger partial charge on any atom is 0.270 e. The van der Waals surface area contributed by atoms with Crippen molar-refractivity contribution < 1.29 is 9.00 Å². The first kappa shape index (κ1) is 12.6. The Balaban J connectivity index is 2.62. The van der Waals surface area contributed by atoms with E-state index >= 15 is 0 Å². The highest BCUT2D eigenvalue weighted by Gasteiger charge is 2.11. The molecule has 0 bridgehead atoms. The van der Waals surface area contributed by atoms with E-state index in [1.54, 1.807) is 31.4 Å². The molecule has 0 spiro atoms. The lowest BCUT2D eigenvalue weighted by atomic mass is 10.3. The summed E-state index contributed by atoms with van der Waals surface area (Å²) < 4.78 is 11.0. The fourth-order valence-electron chi connectivity index (χ4n) is 1.27. The Labute approximate surface area is 96.9 Å². The minimum absolute atomic E-state index is 0.151. The third-order valence-electron chi connectivity index (χ3n) is 1.87. The lowest BCUT2D eigenvalue weighted by Crippen LogP contribution is -2.36. The van der Waals surface area contributed by atoms with Gasteiger partial charge in [0.25, 0.3) is 5.91 Å². The summed E-state index contributed by atoms with van der Waals surface area (Å²) in [5.41, 5.74) is 5.74. The molecule has 0 aliphatic heterocycles. The number of carbonyl (C=O) groups is 1. The van der Waals surface area contributed by atoms with Gasteiger partial charge in [-0.15, -0.1) is 0 Å². The average molecular weight is 241 g/mol. The van der Waals surface area contributed by atoms with Crippen molar-refractivity contribution in [1.82, 2.24) is 10.3 Å². The number of carbonyl (C=O) groups excluding carboxylic acids is 1. The van der Waals surface area contributed by atoms with Crippen molar-refractivity contribution >= 4 is 22.5 Å². The van der Waals surface area contributed by atoms with Crippen LogP contribution in [0.2, 0.25) is 0 Å². The van der Waals surface area contributed by atoms with Crippen molar-refractivity contribution in [2.75, 3.05) is 17.7 Å². The minimum atomic E-state index is -0.933. The van der Waals surface area contributed by atoms with Crippen molar-refractivity contribution in [2.45, 2.75) is 13.0 Å². The summed E-state index contributed by atoms with van der Waals surface area (Å²) in [4.78, 5) is 15.6. The van der Waals surface area contributed by atoms with Gasteiger partial charge in [-0.2, -0.15) is 0 Å². The van der Waals surface area contributed by atoms with Crippen molar-refractivity contribution in [2.24, 2.45) is 0 Å². The van der Waals surface area contributed by atoms with Crippen molar-refractivity contribution in [1.29, 1.82) is 0 Å². The first-order valence-electron chi connectivity index (χ1n) is 4.82. The number of aromatic nitrogens is 1. The van der Waals surface area contributed by atoms with Crippen LogP contribution in [0.25, 0.3) is 0 Å². The number of anilines is 1. The van der Waals surface area contributed by atoms with Gasteiger partial charge in [0.05, 0.1) is 0 Å². The smallest absolute Gasteiger partial charge is 0.270 e. The van der Waals surface area contributed by atoms with Gasteiger partial charge in [0.2, 0.25) is 0 Å². The van der Waals surface area contributed by atoms with Crippen molar-refractivity contribution in [3.63, 3.8) is 0 Å². The monoisotopic (exact) mass is 241 g/mol. The maximum atomic E-state index is 11.7. The number of amides is 1. The van der Waals surface area contributed by atoms with Crippen LogP contribution in [0.3, 0.4) is 0 Å². The van der Waals surface area contributed by atoms with Gasteiger partial charge in [-0.1, -0.05) is 6.07 Å². The summed E-state index contributed by atoms with van der Waals surface area (Å²) in [5.74, 6) is 0.429. The van der Waals surface area contributed by atoms with Gasteiger partial charge in [-0.05, 0) is 19.1 Å². The van der Waals surface area contributed by atoms with E-state index in [9.17, 15) is 9.00 Å². The molecule has 0 saturated carbocycles. The molecule has 1 aromatic rings. The number of nitrogens with zero attached hydrogens (tertiary/aromatic N) is 1. The van der Waals surface area contributed by atoms with E-state index in [1.807, 2.05) is 0 Å². The second-order valence-electron chi connectivity index (χ2n) is 3.56. The van der Waals surface area contributed by atoms with Crippen LogP contribution < -0.4 is 11.1 Å².